The summed E-state index contributed by atoms with van der Waals surface area (Å²) >= 11 is 0. The molecule has 1 N–H and O–H groups in total. The van der Waals surface area contributed by atoms with E-state index in [1.165, 1.54) is 12.1 Å². The maximum atomic E-state index is 14.5. The second kappa shape index (κ2) is 7.55. The second-order valence-corrected chi connectivity index (χ2v) is 8.82. The molecule has 0 fully saturated rings. The van der Waals surface area contributed by atoms with Gasteiger partial charge in [0, 0.05) is 28.5 Å². The van der Waals surface area contributed by atoms with E-state index in [2.05, 4.69) is 4.98 Å². The van der Waals surface area contributed by atoms with Crippen molar-refractivity contribution < 1.29 is 26.3 Å². The monoisotopic (exact) mass is 465 g/mol. The van der Waals surface area contributed by atoms with Gasteiger partial charge in [-0.25, -0.2) is 13.1 Å². The smallest absolute Gasteiger partial charge is 0.354 e. The Morgan fingerprint density at radius 3 is 2.15 bits per heavy atom. The highest BCUT2D eigenvalue weighted by Crippen LogP contribution is 2.44. The Labute approximate surface area is 193 Å². The van der Waals surface area contributed by atoms with Gasteiger partial charge in [0.25, 0.3) is 0 Å². The Kier molecular flexibility index (Phi) is 4.69. The van der Waals surface area contributed by atoms with E-state index in [0.717, 1.165) is 28.7 Å². The highest BCUT2D eigenvalue weighted by Gasteiger charge is 2.52. The topological polar surface area (TPSA) is 18.8 Å². The Bertz CT molecular complexity index is 1420. The van der Waals surface area contributed by atoms with Gasteiger partial charge in [0.15, 0.2) is 5.71 Å². The summed E-state index contributed by atoms with van der Waals surface area (Å²) in [5.41, 5.74) is 3.67. The summed E-state index contributed by atoms with van der Waals surface area (Å²) < 4.78 is 73.0. The lowest BCUT2D eigenvalue weighted by atomic mass is 9.86. The third-order valence-corrected chi connectivity index (χ3v) is 6.91. The van der Waals surface area contributed by atoms with Crippen LogP contribution in [0.5, 0.6) is 0 Å². The second-order valence-electron chi connectivity index (χ2n) is 8.82. The molecule has 0 saturated carbocycles. The fourth-order valence-electron chi connectivity index (χ4n) is 5.46. The molecule has 6 rings (SSSR count). The molecule has 0 saturated heterocycles. The molecule has 2 aliphatic carbocycles. The number of benzene rings is 2. The molecule has 1 aromatic heterocycles. The van der Waals surface area contributed by atoms with E-state index >= 15 is 0 Å². The van der Waals surface area contributed by atoms with Crippen molar-refractivity contribution >= 4 is 18.7 Å². The summed E-state index contributed by atoms with van der Waals surface area (Å²) in [7, 11) is -3.12. The lowest BCUT2D eigenvalue weighted by Crippen LogP contribution is -2.30. The number of rotatable bonds is 2. The zero-order valence-corrected chi connectivity index (χ0v) is 18.0. The van der Waals surface area contributed by atoms with Crippen molar-refractivity contribution in [3.8, 4) is 11.3 Å². The predicted molar refractivity (Wildman–Crippen MR) is 122 cm³/mol. The van der Waals surface area contributed by atoms with Gasteiger partial charge in [-0.15, -0.1) is 0 Å². The van der Waals surface area contributed by atoms with Crippen molar-refractivity contribution in [1.29, 1.82) is 0 Å². The van der Waals surface area contributed by atoms with Crippen molar-refractivity contribution in [2.45, 2.75) is 31.9 Å². The van der Waals surface area contributed by atoms with Gasteiger partial charge in [-0.1, -0.05) is 42.5 Å². The number of nitrogens with one attached hydrogen (secondary N) is 1. The molecule has 0 spiro atoms. The number of aryl methyl sites for hydroxylation is 3. The van der Waals surface area contributed by atoms with Gasteiger partial charge in [0.05, 0.1) is 5.69 Å². The first kappa shape index (κ1) is 21.1. The van der Waals surface area contributed by atoms with Gasteiger partial charge in [0.1, 0.15) is 5.57 Å². The maximum absolute atomic E-state index is 14.5. The van der Waals surface area contributed by atoms with Crippen LogP contribution in [-0.4, -0.2) is 28.8 Å². The largest absolute Gasteiger partial charge is 0.935 e. The molecule has 3 aliphatic rings. The number of aromatic nitrogens is 1. The van der Waals surface area contributed by atoms with Gasteiger partial charge in [0.2, 0.25) is 5.70 Å². The lowest BCUT2D eigenvalue weighted by Gasteiger charge is -2.16. The summed E-state index contributed by atoms with van der Waals surface area (Å²) in [5, 5.41) is 0. The molecule has 2 aromatic carbocycles. The van der Waals surface area contributed by atoms with Crippen LogP contribution in [0.4, 0.5) is 21.8 Å². The van der Waals surface area contributed by atoms with Crippen molar-refractivity contribution in [1.82, 2.24) is 4.98 Å². The van der Waals surface area contributed by atoms with Crippen molar-refractivity contribution in [3.63, 3.8) is 0 Å². The van der Waals surface area contributed by atoms with E-state index < -0.39 is 24.8 Å². The van der Waals surface area contributed by atoms with Crippen LogP contribution >= 0.6 is 0 Å². The molecule has 1 aliphatic heterocycles. The SMILES string of the molecule is FB(F)[N+]1=C2C(=C/C1=C(/c1cc3c([nH]1)-c1ccccc1CC3)C(F)(F)F)CCc1ccccc12. The van der Waals surface area contributed by atoms with E-state index in [1.807, 2.05) is 36.4 Å². The summed E-state index contributed by atoms with van der Waals surface area (Å²) in [6.45, 7) is 0. The zero-order chi connectivity index (χ0) is 23.6. The maximum Gasteiger partial charge on any atom is 0.935 e. The first-order valence-corrected chi connectivity index (χ1v) is 11.2. The average Bonchev–Trinajstić information content (AvgIpc) is 3.40. The standard InChI is InChI=1S/C26H18BF5N2/c28-26(29,30)23(21-13-17-11-9-15-5-1-3-7-19(15)24(17)33-21)22-14-18-12-10-16-6-2-4-8-20(16)25(18)34(22)27(31)32/h1-8,13-14H,9-12H2/p+1. The number of hydrogen-bond donors (Lipinski definition) is 1. The first-order chi connectivity index (χ1) is 16.3. The Morgan fingerprint density at radius 2 is 1.44 bits per heavy atom. The van der Waals surface area contributed by atoms with Gasteiger partial charge >= 0.3 is 13.6 Å². The molecule has 2 nitrogen and oxygen atoms in total. The quantitative estimate of drug-likeness (QED) is 0.335. The zero-order valence-electron chi connectivity index (χ0n) is 18.0. The minimum absolute atomic E-state index is 0.176. The van der Waals surface area contributed by atoms with Gasteiger partial charge in [-0.3, -0.25) is 0 Å². The molecule has 0 bridgehead atoms. The van der Waals surface area contributed by atoms with E-state index in [1.54, 1.807) is 12.1 Å². The van der Waals surface area contributed by atoms with Crippen LogP contribution in [-0.2, 0) is 19.3 Å². The first-order valence-electron chi connectivity index (χ1n) is 11.2. The van der Waals surface area contributed by atoms with E-state index in [0.29, 0.717) is 40.6 Å². The summed E-state index contributed by atoms with van der Waals surface area (Å²) in [4.78, 5) is 2.95. The van der Waals surface area contributed by atoms with Crippen LogP contribution in [0.2, 0.25) is 0 Å². The van der Waals surface area contributed by atoms with E-state index in [9.17, 15) is 21.8 Å². The third kappa shape index (κ3) is 3.19. The average molecular weight is 465 g/mol. The summed E-state index contributed by atoms with van der Waals surface area (Å²) in [6, 6.07) is 16.1. The normalized spacial score (nSPS) is 18.1. The number of alkyl halides is 3. The summed E-state index contributed by atoms with van der Waals surface area (Å²) in [5.74, 6) is 0. The van der Waals surface area contributed by atoms with E-state index in [4.69, 9.17) is 0 Å². The molecule has 0 radical (unpaired) electrons. The highest BCUT2D eigenvalue weighted by molar-refractivity contribution is 6.36. The molecule has 0 amide bonds. The van der Waals surface area contributed by atoms with Crippen molar-refractivity contribution in [3.05, 3.63) is 99.9 Å². The fourth-order valence-corrected chi connectivity index (χ4v) is 5.46. The van der Waals surface area contributed by atoms with Gasteiger partial charge in [-0.2, -0.15) is 13.2 Å². The number of hydrogen-bond acceptors (Lipinski definition) is 0. The molecule has 0 unspecified atom stereocenters. The summed E-state index contributed by atoms with van der Waals surface area (Å²) in [6.07, 6.45) is -1.20. The van der Waals surface area contributed by atoms with Crippen LogP contribution < -0.4 is 0 Å². The van der Waals surface area contributed by atoms with Crippen LogP contribution in [0.15, 0.2) is 71.9 Å². The molecular weight excluding hydrogens is 446 g/mol. The minimum Gasteiger partial charge on any atom is -0.354 e. The highest BCUT2D eigenvalue weighted by atomic mass is 19.4. The molecule has 8 heteroatoms. The number of allylic oxidation sites excluding steroid dienone is 3. The van der Waals surface area contributed by atoms with Crippen LogP contribution in [0.1, 0.15) is 34.4 Å². The number of fused-ring (bicyclic) bond motifs is 6. The van der Waals surface area contributed by atoms with Gasteiger partial charge in [-0.05, 0) is 54.5 Å². The molecule has 3 aromatic rings. The molecule has 170 valence electrons. The Balaban J connectivity index is 1.61. The predicted octanol–water partition coefficient (Wildman–Crippen LogP) is 6.37. The number of halogens is 5. The van der Waals surface area contributed by atoms with E-state index in [-0.39, 0.29) is 11.4 Å². The molecular formula is C26H19BF5N2+. The third-order valence-electron chi connectivity index (χ3n) is 6.91. The minimum atomic E-state index is -4.83. The van der Waals surface area contributed by atoms with Crippen molar-refractivity contribution in [2.75, 3.05) is 0 Å². The number of nitrogens with zero attached hydrogens (tertiary/aromatic N) is 1. The van der Waals surface area contributed by atoms with Crippen LogP contribution in [0.3, 0.4) is 0 Å². The number of H-pyrrole nitrogens is 1. The molecule has 2 heterocycles. The molecule has 0 atom stereocenters. The number of aromatic amines is 1. The molecule has 34 heavy (non-hydrogen) atoms. The Morgan fingerprint density at radius 1 is 0.824 bits per heavy atom. The van der Waals surface area contributed by atoms with Crippen LogP contribution in [0.25, 0.3) is 16.8 Å². The lowest BCUT2D eigenvalue weighted by molar-refractivity contribution is -0.342. The van der Waals surface area contributed by atoms with Crippen molar-refractivity contribution in [2.24, 2.45) is 0 Å². The fraction of sp³-hybridized carbons (Fsp3) is 0.192. The van der Waals surface area contributed by atoms with Crippen LogP contribution in [0, 0.1) is 0 Å². The van der Waals surface area contributed by atoms with Gasteiger partial charge < -0.3 is 4.98 Å². The Hall–Kier alpha value is -3.42.